The van der Waals surface area contributed by atoms with E-state index in [0.717, 1.165) is 43.5 Å². The second kappa shape index (κ2) is 7.01. The van der Waals surface area contributed by atoms with Gasteiger partial charge in [-0.05, 0) is 56.1 Å². The molecule has 0 aliphatic carbocycles. The summed E-state index contributed by atoms with van der Waals surface area (Å²) in [7, 11) is 2.21. The minimum absolute atomic E-state index is 0.00773. The van der Waals surface area contributed by atoms with Crippen LogP contribution in [0.3, 0.4) is 0 Å². The third-order valence-electron chi connectivity index (χ3n) is 5.67. The average Bonchev–Trinajstić information content (AvgIpc) is 2.55. The van der Waals surface area contributed by atoms with Gasteiger partial charge in [-0.15, -0.1) is 0 Å². The summed E-state index contributed by atoms with van der Waals surface area (Å²) in [5.74, 6) is -0.0739. The Morgan fingerprint density at radius 2 is 1.58 bits per heavy atom. The zero-order valence-corrected chi connectivity index (χ0v) is 15.7. The molecule has 1 aromatic rings. The summed E-state index contributed by atoms with van der Waals surface area (Å²) >= 11 is 0. The van der Waals surface area contributed by atoms with Gasteiger partial charge in [0.1, 0.15) is 5.82 Å². The van der Waals surface area contributed by atoms with Gasteiger partial charge in [0.2, 0.25) is 0 Å². The first-order valence-corrected chi connectivity index (χ1v) is 9.32. The van der Waals surface area contributed by atoms with E-state index in [1.54, 1.807) is 6.07 Å². The van der Waals surface area contributed by atoms with Gasteiger partial charge in [0, 0.05) is 32.2 Å². The fourth-order valence-electron chi connectivity index (χ4n) is 3.92. The van der Waals surface area contributed by atoms with Gasteiger partial charge in [-0.25, -0.2) is 4.39 Å². The van der Waals surface area contributed by atoms with Gasteiger partial charge in [0.05, 0.1) is 5.69 Å². The zero-order valence-electron chi connectivity index (χ0n) is 15.7. The van der Waals surface area contributed by atoms with Crippen LogP contribution in [0.2, 0.25) is 0 Å². The van der Waals surface area contributed by atoms with E-state index in [0.29, 0.717) is 0 Å². The number of anilines is 1. The van der Waals surface area contributed by atoms with Gasteiger partial charge < -0.3 is 9.80 Å². The van der Waals surface area contributed by atoms with Crippen LogP contribution in [0.15, 0.2) is 18.2 Å². The highest BCUT2D eigenvalue weighted by Crippen LogP contribution is 2.29. The summed E-state index contributed by atoms with van der Waals surface area (Å²) in [5.41, 5.74) is 1.83. The van der Waals surface area contributed by atoms with Gasteiger partial charge >= 0.3 is 0 Å². The second-order valence-electron chi connectivity index (χ2n) is 8.47. The van der Waals surface area contributed by atoms with Crippen LogP contribution in [-0.2, 0) is 5.41 Å². The number of rotatable bonds is 2. The van der Waals surface area contributed by atoms with E-state index < -0.39 is 0 Å². The third kappa shape index (κ3) is 3.92. The summed E-state index contributed by atoms with van der Waals surface area (Å²) < 4.78 is 14.6. The molecule has 2 fully saturated rings. The second-order valence-corrected chi connectivity index (χ2v) is 8.47. The van der Waals surface area contributed by atoms with Crippen LogP contribution < -0.4 is 4.90 Å². The van der Waals surface area contributed by atoms with Crippen molar-refractivity contribution in [1.29, 1.82) is 0 Å². The highest BCUT2D eigenvalue weighted by Gasteiger charge is 2.27. The lowest BCUT2D eigenvalue weighted by Gasteiger charge is -2.43. The van der Waals surface area contributed by atoms with Crippen LogP contribution in [0.1, 0.15) is 39.2 Å². The fraction of sp³-hybridized carbons (Fsp3) is 0.700. The lowest BCUT2D eigenvalue weighted by atomic mass is 9.87. The van der Waals surface area contributed by atoms with Crippen molar-refractivity contribution in [2.45, 2.75) is 45.1 Å². The molecule has 4 heteroatoms. The van der Waals surface area contributed by atoms with E-state index in [1.165, 1.54) is 25.9 Å². The number of piperazine rings is 1. The topological polar surface area (TPSA) is 9.72 Å². The van der Waals surface area contributed by atoms with Crippen molar-refractivity contribution in [1.82, 2.24) is 9.80 Å². The molecule has 0 saturated carbocycles. The van der Waals surface area contributed by atoms with Gasteiger partial charge in [0.15, 0.2) is 0 Å². The summed E-state index contributed by atoms with van der Waals surface area (Å²) in [5, 5.41) is 0. The molecule has 3 rings (SSSR count). The number of halogens is 1. The molecule has 0 N–H and O–H groups in total. The Labute approximate surface area is 146 Å². The van der Waals surface area contributed by atoms with Crippen LogP contribution in [0.5, 0.6) is 0 Å². The maximum Gasteiger partial charge on any atom is 0.146 e. The molecule has 0 spiro atoms. The molecule has 2 heterocycles. The quantitative estimate of drug-likeness (QED) is 0.822. The van der Waals surface area contributed by atoms with Gasteiger partial charge in [-0.2, -0.15) is 0 Å². The van der Waals surface area contributed by atoms with Crippen molar-refractivity contribution in [3.8, 4) is 0 Å². The van der Waals surface area contributed by atoms with E-state index in [9.17, 15) is 4.39 Å². The minimum Gasteiger partial charge on any atom is -0.367 e. The normalized spacial score (nSPS) is 22.1. The Morgan fingerprint density at radius 3 is 2.12 bits per heavy atom. The number of hydrogen-bond donors (Lipinski definition) is 0. The van der Waals surface area contributed by atoms with E-state index in [4.69, 9.17) is 0 Å². The van der Waals surface area contributed by atoms with Crippen molar-refractivity contribution in [3.05, 3.63) is 29.6 Å². The molecule has 24 heavy (non-hydrogen) atoms. The van der Waals surface area contributed by atoms with Crippen molar-refractivity contribution in [3.63, 3.8) is 0 Å². The average molecular weight is 333 g/mol. The monoisotopic (exact) mass is 333 g/mol. The first kappa shape index (κ1) is 17.7. The highest BCUT2D eigenvalue weighted by molar-refractivity contribution is 5.50. The molecular formula is C20H32FN3. The third-order valence-corrected chi connectivity index (χ3v) is 5.67. The summed E-state index contributed by atoms with van der Waals surface area (Å²) in [6.07, 6.45) is 2.54. The molecule has 2 aliphatic rings. The number of nitrogens with zero attached hydrogens (tertiary/aromatic N) is 3. The molecule has 0 atom stereocenters. The Balaban J connectivity index is 1.60. The van der Waals surface area contributed by atoms with Crippen molar-refractivity contribution < 1.29 is 4.39 Å². The Morgan fingerprint density at radius 1 is 0.958 bits per heavy atom. The molecule has 134 valence electrons. The van der Waals surface area contributed by atoms with Crippen LogP contribution in [0.25, 0.3) is 0 Å². The predicted molar refractivity (Wildman–Crippen MR) is 99.4 cm³/mol. The van der Waals surface area contributed by atoms with Crippen LogP contribution in [0, 0.1) is 5.82 Å². The standard InChI is InChI=1S/C20H32FN3/c1-20(2,3)16-5-6-19(18(21)15-16)24-13-11-23(12-14-24)17-7-9-22(4)10-8-17/h5-6,15,17H,7-14H2,1-4H3. The number of benzene rings is 1. The number of hydrogen-bond acceptors (Lipinski definition) is 3. The van der Waals surface area contributed by atoms with E-state index >= 15 is 0 Å². The molecule has 0 aromatic heterocycles. The number of piperidine rings is 1. The Bertz CT molecular complexity index is 550. The van der Waals surface area contributed by atoms with Crippen molar-refractivity contribution in [2.75, 3.05) is 51.2 Å². The highest BCUT2D eigenvalue weighted by atomic mass is 19.1. The van der Waals surface area contributed by atoms with Gasteiger partial charge in [-0.3, -0.25) is 4.90 Å². The summed E-state index contributed by atoms with van der Waals surface area (Å²) in [6.45, 7) is 12.7. The SMILES string of the molecule is CN1CCC(N2CCN(c3ccc(C(C)(C)C)cc3F)CC2)CC1. The smallest absolute Gasteiger partial charge is 0.146 e. The minimum atomic E-state index is -0.0739. The van der Waals surface area contributed by atoms with Crippen molar-refractivity contribution >= 4 is 5.69 Å². The van der Waals surface area contributed by atoms with E-state index in [-0.39, 0.29) is 11.2 Å². The Kier molecular flexibility index (Phi) is 5.16. The van der Waals surface area contributed by atoms with Gasteiger partial charge in [0.25, 0.3) is 0 Å². The van der Waals surface area contributed by atoms with Crippen LogP contribution in [0.4, 0.5) is 10.1 Å². The maximum absolute atomic E-state index is 14.6. The molecule has 0 radical (unpaired) electrons. The largest absolute Gasteiger partial charge is 0.367 e. The fourth-order valence-corrected chi connectivity index (χ4v) is 3.92. The van der Waals surface area contributed by atoms with Crippen molar-refractivity contribution in [2.24, 2.45) is 0 Å². The molecule has 0 amide bonds. The van der Waals surface area contributed by atoms with Crippen LogP contribution in [-0.4, -0.2) is 62.2 Å². The lowest BCUT2D eigenvalue weighted by Crippen LogP contribution is -2.53. The Hall–Kier alpha value is -1.13. The first-order chi connectivity index (χ1) is 11.3. The molecular weight excluding hydrogens is 301 g/mol. The maximum atomic E-state index is 14.6. The van der Waals surface area contributed by atoms with Crippen LogP contribution >= 0.6 is 0 Å². The first-order valence-electron chi connectivity index (χ1n) is 9.32. The lowest BCUT2D eigenvalue weighted by molar-refractivity contribution is 0.115. The molecule has 2 aliphatic heterocycles. The molecule has 1 aromatic carbocycles. The molecule has 2 saturated heterocycles. The predicted octanol–water partition coefficient (Wildman–Crippen LogP) is 3.34. The summed E-state index contributed by atoms with van der Waals surface area (Å²) in [4.78, 5) is 7.25. The van der Waals surface area contributed by atoms with E-state index in [1.807, 2.05) is 6.07 Å². The number of likely N-dealkylation sites (tertiary alicyclic amines) is 1. The zero-order chi connectivity index (χ0) is 17.3. The molecule has 0 bridgehead atoms. The van der Waals surface area contributed by atoms with E-state index in [2.05, 4.69) is 48.6 Å². The molecule has 3 nitrogen and oxygen atoms in total. The molecule has 0 unspecified atom stereocenters. The summed E-state index contributed by atoms with van der Waals surface area (Å²) in [6, 6.07) is 6.50. The van der Waals surface area contributed by atoms with Gasteiger partial charge in [-0.1, -0.05) is 26.8 Å².